The molecule has 2 aliphatic rings. The van der Waals surface area contributed by atoms with Crippen LogP contribution in [-0.4, -0.2) is 47.6 Å². The number of rotatable bonds is 7. The Balaban J connectivity index is 1.41. The van der Waals surface area contributed by atoms with Crippen molar-refractivity contribution in [3.63, 3.8) is 0 Å². The van der Waals surface area contributed by atoms with Gasteiger partial charge in [0.05, 0.1) is 24.3 Å². The molecule has 0 spiro atoms. The van der Waals surface area contributed by atoms with Gasteiger partial charge in [-0.1, -0.05) is 15.9 Å². The first-order valence-electron chi connectivity index (χ1n) is 9.62. The number of nitrogens with zero attached hydrogens (tertiary/aromatic N) is 2. The van der Waals surface area contributed by atoms with E-state index in [0.717, 1.165) is 59.3 Å². The lowest BCUT2D eigenvalue weighted by Crippen LogP contribution is -2.37. The number of likely N-dealkylation sites (tertiary alicyclic amines) is 1. The Morgan fingerprint density at radius 3 is 2.64 bits per heavy atom. The Bertz CT molecular complexity index is 813. The van der Waals surface area contributed by atoms with Gasteiger partial charge in [0.15, 0.2) is 0 Å². The van der Waals surface area contributed by atoms with Crippen LogP contribution in [-0.2, 0) is 9.53 Å². The molecule has 1 N–H and O–H groups in total. The van der Waals surface area contributed by atoms with Gasteiger partial charge in [-0.2, -0.15) is 0 Å². The molecule has 3 unspecified atom stereocenters. The van der Waals surface area contributed by atoms with E-state index in [1.54, 1.807) is 6.20 Å². The monoisotopic (exact) mass is 507 g/mol. The van der Waals surface area contributed by atoms with Gasteiger partial charge in [-0.25, -0.2) is 0 Å². The number of anilines is 1. The van der Waals surface area contributed by atoms with Gasteiger partial charge in [0, 0.05) is 33.4 Å². The molecule has 4 rings (SSSR count). The highest BCUT2D eigenvalue weighted by molar-refractivity contribution is 9.10. The highest BCUT2D eigenvalue weighted by Gasteiger charge is 2.38. The minimum absolute atomic E-state index is 0.0107. The van der Waals surface area contributed by atoms with Crippen LogP contribution < -0.4 is 5.32 Å². The van der Waals surface area contributed by atoms with Crippen LogP contribution in [0.4, 0.5) is 5.69 Å². The van der Waals surface area contributed by atoms with Crippen molar-refractivity contribution in [2.24, 2.45) is 0 Å². The van der Waals surface area contributed by atoms with Crippen LogP contribution in [0, 0.1) is 0 Å². The number of carbonyl (C=O) groups is 1. The van der Waals surface area contributed by atoms with Crippen LogP contribution in [0.3, 0.4) is 0 Å². The molecule has 0 aliphatic carbocycles. The van der Waals surface area contributed by atoms with Crippen molar-refractivity contribution in [2.45, 2.75) is 37.3 Å². The number of ether oxygens (including phenoxy) is 1. The summed E-state index contributed by atoms with van der Waals surface area (Å²) >= 11 is 6.85. The summed E-state index contributed by atoms with van der Waals surface area (Å²) in [4.78, 5) is 20.0. The summed E-state index contributed by atoms with van der Waals surface area (Å²) in [5.74, 6) is -0.281. The Labute approximate surface area is 182 Å². The molecular weight excluding hydrogens is 486 g/mol. The number of pyridine rings is 1. The molecular formula is C21H23Br2N3O2. The maximum atomic E-state index is 13.0. The first-order valence-corrected chi connectivity index (χ1v) is 11.2. The molecule has 0 saturated carbocycles. The summed E-state index contributed by atoms with van der Waals surface area (Å²) in [6.07, 6.45) is 5.05. The molecule has 1 amide bonds. The third-order valence-electron chi connectivity index (χ3n) is 5.49. The zero-order valence-corrected chi connectivity index (χ0v) is 18.7. The Morgan fingerprint density at radius 1 is 1.21 bits per heavy atom. The van der Waals surface area contributed by atoms with Gasteiger partial charge in [-0.15, -0.1) is 0 Å². The van der Waals surface area contributed by atoms with Crippen molar-refractivity contribution in [1.29, 1.82) is 0 Å². The molecule has 3 atom stereocenters. The zero-order valence-electron chi connectivity index (χ0n) is 15.5. The summed E-state index contributed by atoms with van der Waals surface area (Å²) in [5.41, 5.74) is 1.61. The summed E-state index contributed by atoms with van der Waals surface area (Å²) < 4.78 is 7.58. The van der Waals surface area contributed by atoms with Gasteiger partial charge < -0.3 is 10.1 Å². The number of aromatic nitrogens is 1. The second-order valence-corrected chi connectivity index (χ2v) is 9.26. The molecule has 5 nitrogen and oxygen atoms in total. The van der Waals surface area contributed by atoms with E-state index in [1.165, 1.54) is 0 Å². The van der Waals surface area contributed by atoms with E-state index in [9.17, 15) is 4.79 Å². The van der Waals surface area contributed by atoms with Gasteiger partial charge in [-0.3, -0.25) is 14.7 Å². The van der Waals surface area contributed by atoms with Crippen molar-refractivity contribution in [1.82, 2.24) is 9.88 Å². The molecule has 7 heteroatoms. The Hall–Kier alpha value is -1.28. The van der Waals surface area contributed by atoms with E-state index < -0.39 is 0 Å². The fraction of sp³-hybridized carbons (Fsp3) is 0.429. The maximum absolute atomic E-state index is 13.0. The van der Waals surface area contributed by atoms with Gasteiger partial charge in [-0.05, 0) is 78.1 Å². The van der Waals surface area contributed by atoms with Gasteiger partial charge in [0.1, 0.15) is 0 Å². The summed E-state index contributed by atoms with van der Waals surface area (Å²) in [7, 11) is 0. The molecule has 1 aromatic carbocycles. The molecule has 3 heterocycles. The summed E-state index contributed by atoms with van der Waals surface area (Å²) in [5, 5.41) is 3.04. The standard InChI is InChI=1S/C21H23Br2N3O2/c22-14-3-6-16(7-4-14)25-21(27)19(20-8-5-15(23)11-24-20)2-1-9-26-12-18-10-17(26)13-28-18/h3-8,11,17-19H,1-2,9-10,12-13H2,(H,25,27). The third-order valence-corrected chi connectivity index (χ3v) is 6.49. The van der Waals surface area contributed by atoms with Crippen molar-refractivity contribution in [3.8, 4) is 0 Å². The van der Waals surface area contributed by atoms with Gasteiger partial charge in [0.2, 0.25) is 5.91 Å². The number of carbonyl (C=O) groups excluding carboxylic acids is 1. The van der Waals surface area contributed by atoms with Crippen LogP contribution in [0.25, 0.3) is 0 Å². The predicted molar refractivity (Wildman–Crippen MR) is 116 cm³/mol. The van der Waals surface area contributed by atoms with Crippen LogP contribution in [0.15, 0.2) is 51.5 Å². The third kappa shape index (κ3) is 4.82. The molecule has 2 fully saturated rings. The molecule has 28 heavy (non-hydrogen) atoms. The highest BCUT2D eigenvalue weighted by Crippen LogP contribution is 2.29. The number of benzene rings is 1. The SMILES string of the molecule is O=C(Nc1ccc(Br)cc1)C(CCCN1CC2CC1CO2)c1ccc(Br)cn1. The van der Waals surface area contributed by atoms with E-state index in [0.29, 0.717) is 12.1 Å². The summed E-state index contributed by atoms with van der Waals surface area (Å²) in [6, 6.07) is 12.1. The van der Waals surface area contributed by atoms with E-state index in [-0.39, 0.29) is 11.8 Å². The maximum Gasteiger partial charge on any atom is 0.233 e. The minimum Gasteiger partial charge on any atom is -0.375 e. The second-order valence-electron chi connectivity index (χ2n) is 7.43. The first kappa shape index (κ1) is 20.0. The molecule has 148 valence electrons. The van der Waals surface area contributed by atoms with E-state index in [2.05, 4.69) is 47.1 Å². The van der Waals surface area contributed by atoms with E-state index >= 15 is 0 Å². The number of morpholine rings is 1. The number of hydrogen-bond acceptors (Lipinski definition) is 4. The van der Waals surface area contributed by atoms with Gasteiger partial charge in [0.25, 0.3) is 0 Å². The fourth-order valence-electron chi connectivity index (χ4n) is 4.02. The Morgan fingerprint density at radius 2 is 2.00 bits per heavy atom. The molecule has 2 aliphatic heterocycles. The van der Waals surface area contributed by atoms with Crippen molar-refractivity contribution < 1.29 is 9.53 Å². The topological polar surface area (TPSA) is 54.5 Å². The number of hydrogen-bond donors (Lipinski definition) is 1. The average Bonchev–Trinajstić information content (AvgIpc) is 3.31. The largest absolute Gasteiger partial charge is 0.375 e. The normalized spacial score (nSPS) is 22.4. The van der Waals surface area contributed by atoms with Crippen molar-refractivity contribution >= 4 is 43.5 Å². The second kappa shape index (κ2) is 9.03. The zero-order chi connectivity index (χ0) is 19.5. The number of fused-ring (bicyclic) bond motifs is 2. The number of halogens is 2. The lowest BCUT2D eigenvalue weighted by Gasteiger charge is -2.27. The van der Waals surface area contributed by atoms with E-state index in [1.807, 2.05) is 36.4 Å². The minimum atomic E-state index is -0.271. The molecule has 0 radical (unpaired) electrons. The molecule has 1 aromatic heterocycles. The van der Waals surface area contributed by atoms with Gasteiger partial charge >= 0.3 is 0 Å². The van der Waals surface area contributed by atoms with Crippen LogP contribution in [0.5, 0.6) is 0 Å². The quantitative estimate of drug-likeness (QED) is 0.594. The summed E-state index contributed by atoms with van der Waals surface area (Å²) in [6.45, 7) is 2.88. The lowest BCUT2D eigenvalue weighted by molar-refractivity contribution is -0.117. The number of amides is 1. The van der Waals surface area contributed by atoms with Crippen molar-refractivity contribution in [3.05, 3.63) is 57.2 Å². The van der Waals surface area contributed by atoms with E-state index in [4.69, 9.17) is 4.74 Å². The lowest BCUT2D eigenvalue weighted by atomic mass is 9.97. The molecule has 2 aromatic rings. The first-order chi connectivity index (χ1) is 13.6. The van der Waals surface area contributed by atoms with Crippen LogP contribution >= 0.6 is 31.9 Å². The average molecular weight is 509 g/mol. The smallest absolute Gasteiger partial charge is 0.233 e. The predicted octanol–water partition coefficient (Wildman–Crippen LogP) is 4.58. The highest BCUT2D eigenvalue weighted by atomic mass is 79.9. The number of nitrogens with one attached hydrogen (secondary N) is 1. The Kier molecular flexibility index (Phi) is 6.45. The van der Waals surface area contributed by atoms with Crippen LogP contribution in [0.2, 0.25) is 0 Å². The molecule has 2 bridgehead atoms. The van der Waals surface area contributed by atoms with Crippen molar-refractivity contribution in [2.75, 3.05) is 25.0 Å². The van der Waals surface area contributed by atoms with Crippen LogP contribution in [0.1, 0.15) is 30.9 Å². The fourth-order valence-corrected chi connectivity index (χ4v) is 4.52. The molecule has 2 saturated heterocycles.